The Morgan fingerprint density at radius 2 is 1.63 bits per heavy atom. The summed E-state index contributed by atoms with van der Waals surface area (Å²) in [6.45, 7) is 9.79. The number of nitrogens with zero attached hydrogens (tertiary/aromatic N) is 2. The molecule has 0 bridgehead atoms. The van der Waals surface area contributed by atoms with E-state index in [0.29, 0.717) is 19.7 Å². The third kappa shape index (κ3) is 7.31. The van der Waals surface area contributed by atoms with Crippen LogP contribution in [0, 0.1) is 13.8 Å². The van der Waals surface area contributed by atoms with E-state index in [1.807, 2.05) is 79.4 Å². The number of aryl methyl sites for hydroxylation is 2. The number of rotatable bonds is 9. The van der Waals surface area contributed by atoms with Crippen LogP contribution in [0.25, 0.3) is 0 Å². The van der Waals surface area contributed by atoms with E-state index in [-0.39, 0.29) is 6.03 Å². The summed E-state index contributed by atoms with van der Waals surface area (Å²) in [4.78, 5) is 17.7. The minimum absolute atomic E-state index is 0.0914. The van der Waals surface area contributed by atoms with E-state index in [1.165, 1.54) is 0 Å². The maximum atomic E-state index is 13.4. The third-order valence-corrected chi connectivity index (χ3v) is 6.31. The van der Waals surface area contributed by atoms with Gasteiger partial charge in [0.2, 0.25) is 0 Å². The van der Waals surface area contributed by atoms with Crippen LogP contribution in [0.3, 0.4) is 0 Å². The monoisotopic (exact) mass is 473 g/mol. The first-order valence-electron chi connectivity index (χ1n) is 12.3. The lowest BCUT2D eigenvalue weighted by molar-refractivity contribution is 0.0349. The van der Waals surface area contributed by atoms with E-state index in [1.54, 1.807) is 0 Å². The number of amides is 2. The van der Waals surface area contributed by atoms with E-state index in [9.17, 15) is 4.79 Å². The Hall–Kier alpha value is -3.35. The first-order chi connectivity index (χ1) is 17.1. The van der Waals surface area contributed by atoms with Gasteiger partial charge in [-0.25, -0.2) is 4.79 Å². The number of para-hydroxylation sites is 1. The third-order valence-electron chi connectivity index (χ3n) is 6.31. The lowest BCUT2D eigenvalue weighted by atomic mass is 10.1. The summed E-state index contributed by atoms with van der Waals surface area (Å²) in [5, 5.41) is 3.16. The number of ether oxygens (including phenoxy) is 2. The Labute approximate surface area is 208 Å². The summed E-state index contributed by atoms with van der Waals surface area (Å²) < 4.78 is 11.5. The largest absolute Gasteiger partial charge is 0.489 e. The number of hydrogen-bond donors (Lipinski definition) is 1. The van der Waals surface area contributed by atoms with E-state index in [2.05, 4.69) is 22.3 Å². The van der Waals surface area contributed by atoms with Gasteiger partial charge in [-0.2, -0.15) is 0 Å². The average molecular weight is 474 g/mol. The number of carbonyl (C=O) groups excluding carboxylic acids is 1. The van der Waals surface area contributed by atoms with Crippen LogP contribution in [0.1, 0.15) is 22.3 Å². The van der Waals surface area contributed by atoms with Crippen LogP contribution in [0.5, 0.6) is 5.75 Å². The molecule has 1 N–H and O–H groups in total. The molecule has 1 fully saturated rings. The van der Waals surface area contributed by atoms with E-state index >= 15 is 0 Å². The Balaban J connectivity index is 1.45. The average Bonchev–Trinajstić information content (AvgIpc) is 2.89. The minimum atomic E-state index is -0.0914. The summed E-state index contributed by atoms with van der Waals surface area (Å²) in [6, 6.07) is 24.1. The van der Waals surface area contributed by atoms with E-state index in [4.69, 9.17) is 9.47 Å². The maximum absolute atomic E-state index is 13.4. The molecule has 4 rings (SSSR count). The Bertz CT molecular complexity index is 1080. The molecule has 6 nitrogen and oxygen atoms in total. The number of nitrogens with one attached hydrogen (secondary N) is 1. The molecule has 1 heterocycles. The molecule has 1 aliphatic rings. The molecule has 0 radical (unpaired) electrons. The standard InChI is InChI=1S/C29H35N3O3/c1-23-8-6-9-24(2)28(23)30-29(33)32(15-14-31-16-18-34-19-17-31)21-26-12-7-13-27(20-26)35-22-25-10-4-3-5-11-25/h3-13,20H,14-19,21-22H2,1-2H3,(H,30,33). The molecule has 2 amide bonds. The number of hydrogen-bond acceptors (Lipinski definition) is 4. The van der Waals surface area contributed by atoms with Crippen LogP contribution in [0.2, 0.25) is 0 Å². The Morgan fingerprint density at radius 1 is 0.943 bits per heavy atom. The van der Waals surface area contributed by atoms with E-state index < -0.39 is 0 Å². The van der Waals surface area contributed by atoms with Crippen molar-refractivity contribution in [3.8, 4) is 5.75 Å². The molecule has 0 saturated carbocycles. The predicted octanol–water partition coefficient (Wildman–Crippen LogP) is 5.25. The lowest BCUT2D eigenvalue weighted by Crippen LogP contribution is -2.44. The highest BCUT2D eigenvalue weighted by atomic mass is 16.5. The van der Waals surface area contributed by atoms with Crippen LogP contribution in [0.4, 0.5) is 10.5 Å². The number of urea groups is 1. The Kier molecular flexibility index (Phi) is 8.76. The maximum Gasteiger partial charge on any atom is 0.322 e. The summed E-state index contributed by atoms with van der Waals surface area (Å²) >= 11 is 0. The number of benzene rings is 3. The van der Waals surface area contributed by atoms with Gasteiger partial charge in [-0.1, -0.05) is 60.7 Å². The molecule has 1 saturated heterocycles. The minimum Gasteiger partial charge on any atom is -0.489 e. The van der Waals surface area contributed by atoms with Gasteiger partial charge in [-0.05, 0) is 48.2 Å². The van der Waals surface area contributed by atoms with Gasteiger partial charge in [-0.3, -0.25) is 4.90 Å². The van der Waals surface area contributed by atoms with Crippen LogP contribution in [-0.4, -0.2) is 55.2 Å². The molecule has 35 heavy (non-hydrogen) atoms. The van der Waals surface area contributed by atoms with Crippen LogP contribution < -0.4 is 10.1 Å². The molecule has 1 aliphatic heterocycles. The van der Waals surface area contributed by atoms with Crippen molar-refractivity contribution < 1.29 is 14.3 Å². The highest BCUT2D eigenvalue weighted by molar-refractivity contribution is 5.91. The topological polar surface area (TPSA) is 54.0 Å². The quantitative estimate of drug-likeness (QED) is 0.461. The van der Waals surface area contributed by atoms with Crippen molar-refractivity contribution in [2.45, 2.75) is 27.0 Å². The van der Waals surface area contributed by atoms with Gasteiger partial charge in [0, 0.05) is 38.4 Å². The van der Waals surface area contributed by atoms with Crippen LogP contribution in [0.15, 0.2) is 72.8 Å². The fourth-order valence-corrected chi connectivity index (χ4v) is 4.23. The van der Waals surface area contributed by atoms with Gasteiger partial charge in [-0.15, -0.1) is 0 Å². The van der Waals surface area contributed by atoms with Gasteiger partial charge >= 0.3 is 6.03 Å². The summed E-state index contributed by atoms with van der Waals surface area (Å²) in [6.07, 6.45) is 0. The second-order valence-electron chi connectivity index (χ2n) is 8.99. The second kappa shape index (κ2) is 12.4. The van der Waals surface area contributed by atoms with Crippen molar-refractivity contribution in [1.29, 1.82) is 0 Å². The van der Waals surface area contributed by atoms with Crippen molar-refractivity contribution in [3.63, 3.8) is 0 Å². The molecule has 184 valence electrons. The molecule has 0 unspecified atom stereocenters. The Morgan fingerprint density at radius 3 is 2.37 bits per heavy atom. The SMILES string of the molecule is Cc1cccc(C)c1NC(=O)N(CCN1CCOCC1)Cc1cccc(OCc2ccccc2)c1. The van der Waals surface area contributed by atoms with Crippen LogP contribution in [-0.2, 0) is 17.9 Å². The van der Waals surface area contributed by atoms with E-state index in [0.717, 1.165) is 66.5 Å². The normalized spacial score (nSPS) is 13.9. The molecule has 0 aromatic heterocycles. The molecule has 3 aromatic rings. The second-order valence-corrected chi connectivity index (χ2v) is 8.99. The molecular formula is C29H35N3O3. The van der Waals surface area contributed by atoms with Crippen LogP contribution >= 0.6 is 0 Å². The van der Waals surface area contributed by atoms with Crippen molar-refractivity contribution in [3.05, 3.63) is 95.1 Å². The van der Waals surface area contributed by atoms with Crippen molar-refractivity contribution in [1.82, 2.24) is 9.80 Å². The zero-order valence-corrected chi connectivity index (χ0v) is 20.7. The summed E-state index contributed by atoms with van der Waals surface area (Å²) in [5.74, 6) is 0.801. The van der Waals surface area contributed by atoms with Gasteiger partial charge in [0.05, 0.1) is 13.2 Å². The molecule has 0 aliphatic carbocycles. The first-order valence-corrected chi connectivity index (χ1v) is 12.3. The number of anilines is 1. The molecular weight excluding hydrogens is 438 g/mol. The molecule has 0 spiro atoms. The zero-order valence-electron chi connectivity index (χ0n) is 20.7. The van der Waals surface area contributed by atoms with Crippen molar-refractivity contribution in [2.75, 3.05) is 44.7 Å². The van der Waals surface area contributed by atoms with Gasteiger partial charge in [0.1, 0.15) is 12.4 Å². The molecule has 0 atom stereocenters. The number of morpholine rings is 1. The summed E-state index contributed by atoms with van der Waals surface area (Å²) in [5.41, 5.74) is 5.16. The number of carbonyl (C=O) groups is 1. The first kappa shape index (κ1) is 24.8. The van der Waals surface area contributed by atoms with Gasteiger partial charge in [0.15, 0.2) is 0 Å². The van der Waals surface area contributed by atoms with Gasteiger partial charge < -0.3 is 19.7 Å². The molecule has 6 heteroatoms. The zero-order chi connectivity index (χ0) is 24.5. The van der Waals surface area contributed by atoms with Crippen molar-refractivity contribution >= 4 is 11.7 Å². The highest BCUT2D eigenvalue weighted by Gasteiger charge is 2.19. The lowest BCUT2D eigenvalue weighted by Gasteiger charge is -2.30. The summed E-state index contributed by atoms with van der Waals surface area (Å²) in [7, 11) is 0. The predicted molar refractivity (Wildman–Crippen MR) is 140 cm³/mol. The highest BCUT2D eigenvalue weighted by Crippen LogP contribution is 2.21. The molecule has 3 aromatic carbocycles. The van der Waals surface area contributed by atoms with Gasteiger partial charge in [0.25, 0.3) is 0 Å². The smallest absolute Gasteiger partial charge is 0.322 e. The van der Waals surface area contributed by atoms with Crippen molar-refractivity contribution in [2.24, 2.45) is 0 Å². The fourth-order valence-electron chi connectivity index (χ4n) is 4.23. The fraction of sp³-hybridized carbons (Fsp3) is 0.345.